The van der Waals surface area contributed by atoms with E-state index in [-0.39, 0.29) is 11.9 Å². The normalized spacial score (nSPS) is 13.8. The first-order valence-corrected chi connectivity index (χ1v) is 7.32. The minimum Gasteiger partial charge on any atom is -0.465 e. The summed E-state index contributed by atoms with van der Waals surface area (Å²) in [5.74, 6) is 0.547. The van der Waals surface area contributed by atoms with Gasteiger partial charge in [-0.15, -0.1) is 0 Å². The topological polar surface area (TPSA) is 67.8 Å². The van der Waals surface area contributed by atoms with Gasteiger partial charge in [-0.1, -0.05) is 23.9 Å². The minimum atomic E-state index is -0.356. The Labute approximate surface area is 121 Å². The van der Waals surface area contributed by atoms with Gasteiger partial charge in [-0.2, -0.15) is 0 Å². The third kappa shape index (κ3) is 4.09. The number of hydrogen-bond donors (Lipinski definition) is 1. The summed E-state index contributed by atoms with van der Waals surface area (Å²) in [6.07, 6.45) is 1.03. The van der Waals surface area contributed by atoms with Crippen LogP contribution in [0, 0.1) is 0 Å². The molecule has 0 saturated carbocycles. The van der Waals surface area contributed by atoms with Crippen LogP contribution in [0.25, 0.3) is 0 Å². The fourth-order valence-corrected chi connectivity index (χ4v) is 2.52. The molecule has 0 unspecified atom stereocenters. The third-order valence-electron chi connectivity index (χ3n) is 2.85. The first kappa shape index (κ1) is 14.6. The molecule has 0 saturated heterocycles. The zero-order valence-corrected chi connectivity index (χ0v) is 12.0. The molecule has 5 nitrogen and oxygen atoms in total. The number of carbonyl (C=O) groups excluding carboxylic acids is 2. The van der Waals surface area contributed by atoms with E-state index in [0.717, 1.165) is 23.0 Å². The molecule has 0 aromatic heterocycles. The molecular formula is C14H16N2O3S. The van der Waals surface area contributed by atoms with Crippen LogP contribution in [0.15, 0.2) is 29.3 Å². The molecule has 1 aromatic carbocycles. The largest absolute Gasteiger partial charge is 0.465 e. The van der Waals surface area contributed by atoms with Crippen LogP contribution in [-0.2, 0) is 16.0 Å². The molecule has 0 aliphatic carbocycles. The molecule has 0 bridgehead atoms. The van der Waals surface area contributed by atoms with Crippen molar-refractivity contribution in [1.29, 1.82) is 0 Å². The fourth-order valence-electron chi connectivity index (χ4n) is 1.78. The molecule has 0 atom stereocenters. The van der Waals surface area contributed by atoms with Crippen LogP contribution < -0.4 is 5.32 Å². The second-order valence-corrected chi connectivity index (χ2v) is 5.36. The number of nitrogens with zero attached hydrogens (tertiary/aromatic N) is 1. The molecular weight excluding hydrogens is 276 g/mol. The molecule has 106 valence electrons. The number of amidine groups is 1. The number of carbonyl (C=O) groups is 2. The molecule has 1 aliphatic heterocycles. The first-order chi connectivity index (χ1) is 9.69. The van der Waals surface area contributed by atoms with Crippen LogP contribution in [0.2, 0.25) is 0 Å². The number of benzene rings is 1. The highest BCUT2D eigenvalue weighted by molar-refractivity contribution is 8.14. The van der Waals surface area contributed by atoms with Crippen molar-refractivity contribution < 1.29 is 14.3 Å². The van der Waals surface area contributed by atoms with Gasteiger partial charge in [0.25, 0.3) is 0 Å². The molecule has 1 aromatic rings. The van der Waals surface area contributed by atoms with Crippen LogP contribution in [-0.4, -0.2) is 36.5 Å². The highest BCUT2D eigenvalue weighted by Crippen LogP contribution is 2.10. The van der Waals surface area contributed by atoms with Gasteiger partial charge in [0, 0.05) is 12.2 Å². The first-order valence-electron chi connectivity index (χ1n) is 6.33. The predicted octanol–water partition coefficient (Wildman–Crippen LogP) is 1.62. The van der Waals surface area contributed by atoms with E-state index in [4.69, 9.17) is 0 Å². The van der Waals surface area contributed by atoms with E-state index < -0.39 is 0 Å². The second kappa shape index (κ2) is 7.09. The van der Waals surface area contributed by atoms with E-state index in [1.807, 2.05) is 12.1 Å². The maximum Gasteiger partial charge on any atom is 0.337 e. The summed E-state index contributed by atoms with van der Waals surface area (Å²) in [7, 11) is 1.35. The van der Waals surface area contributed by atoms with Crippen molar-refractivity contribution in [3.63, 3.8) is 0 Å². The van der Waals surface area contributed by atoms with E-state index in [9.17, 15) is 9.59 Å². The van der Waals surface area contributed by atoms with Crippen molar-refractivity contribution in [3.8, 4) is 0 Å². The highest BCUT2D eigenvalue weighted by atomic mass is 32.2. The van der Waals surface area contributed by atoms with Crippen molar-refractivity contribution in [2.24, 2.45) is 4.99 Å². The van der Waals surface area contributed by atoms with Gasteiger partial charge in [-0.05, 0) is 24.1 Å². The molecule has 6 heteroatoms. The van der Waals surface area contributed by atoms with Crippen LogP contribution in [0.1, 0.15) is 22.3 Å². The monoisotopic (exact) mass is 292 g/mol. The van der Waals surface area contributed by atoms with Gasteiger partial charge in [0.05, 0.1) is 19.2 Å². The zero-order chi connectivity index (χ0) is 14.4. The van der Waals surface area contributed by atoms with Gasteiger partial charge < -0.3 is 10.1 Å². The standard InChI is InChI=1S/C14H16N2O3S/c1-19-13(18)11-5-2-10(3-6-11)4-7-12(17)16-14-15-8-9-20-14/h2-3,5-6H,4,7-9H2,1H3,(H,15,16,17). The van der Waals surface area contributed by atoms with Crippen LogP contribution in [0.5, 0.6) is 0 Å². The summed E-state index contributed by atoms with van der Waals surface area (Å²) >= 11 is 1.57. The maximum absolute atomic E-state index is 11.7. The number of ether oxygens (including phenoxy) is 1. The summed E-state index contributed by atoms with van der Waals surface area (Å²) in [6, 6.07) is 7.08. The average molecular weight is 292 g/mol. The van der Waals surface area contributed by atoms with Gasteiger partial charge >= 0.3 is 5.97 Å². The van der Waals surface area contributed by atoms with Gasteiger partial charge in [0.15, 0.2) is 5.17 Å². The Morgan fingerprint density at radius 1 is 1.35 bits per heavy atom. The average Bonchev–Trinajstić information content (AvgIpc) is 2.97. The van der Waals surface area contributed by atoms with E-state index in [1.54, 1.807) is 23.9 Å². The number of aryl methyl sites for hydroxylation is 1. The summed E-state index contributed by atoms with van der Waals surface area (Å²) in [6.45, 7) is 0.773. The maximum atomic E-state index is 11.7. The molecule has 2 rings (SSSR count). The molecule has 20 heavy (non-hydrogen) atoms. The Bertz CT molecular complexity index is 526. The molecule has 0 radical (unpaired) electrons. The minimum absolute atomic E-state index is 0.0322. The van der Waals surface area contributed by atoms with E-state index in [2.05, 4.69) is 15.0 Å². The predicted molar refractivity (Wildman–Crippen MR) is 79.0 cm³/mol. The SMILES string of the molecule is COC(=O)c1ccc(CCC(=O)NC2=NCCS2)cc1. The van der Waals surface area contributed by atoms with Crippen LogP contribution >= 0.6 is 11.8 Å². The number of hydrogen-bond acceptors (Lipinski definition) is 5. The Hall–Kier alpha value is -1.82. The lowest BCUT2D eigenvalue weighted by Crippen LogP contribution is -2.27. The van der Waals surface area contributed by atoms with Crippen molar-refractivity contribution in [1.82, 2.24) is 5.32 Å². The number of aliphatic imine (C=N–C) groups is 1. The Balaban J connectivity index is 1.81. The fraction of sp³-hybridized carbons (Fsp3) is 0.357. The van der Waals surface area contributed by atoms with Crippen molar-refractivity contribution in [3.05, 3.63) is 35.4 Å². The smallest absolute Gasteiger partial charge is 0.337 e. The van der Waals surface area contributed by atoms with Crippen molar-refractivity contribution in [2.45, 2.75) is 12.8 Å². The lowest BCUT2D eigenvalue weighted by molar-refractivity contribution is -0.119. The lowest BCUT2D eigenvalue weighted by Gasteiger charge is -2.05. The van der Waals surface area contributed by atoms with E-state index in [0.29, 0.717) is 18.4 Å². The second-order valence-electron chi connectivity index (χ2n) is 4.27. The molecule has 1 amide bonds. The Morgan fingerprint density at radius 3 is 2.70 bits per heavy atom. The molecule has 1 N–H and O–H groups in total. The van der Waals surface area contributed by atoms with Crippen molar-refractivity contribution in [2.75, 3.05) is 19.4 Å². The number of rotatable bonds is 4. The summed E-state index contributed by atoms with van der Waals surface area (Å²) in [5.41, 5.74) is 1.52. The van der Waals surface area contributed by atoms with Gasteiger partial charge in [0.1, 0.15) is 0 Å². The van der Waals surface area contributed by atoms with Crippen molar-refractivity contribution >= 4 is 28.8 Å². The number of esters is 1. The summed E-state index contributed by atoms with van der Waals surface area (Å²) in [5, 5.41) is 3.51. The van der Waals surface area contributed by atoms with Gasteiger partial charge in [-0.3, -0.25) is 9.79 Å². The Kier molecular flexibility index (Phi) is 5.17. The molecule has 0 fully saturated rings. The van der Waals surface area contributed by atoms with Crippen LogP contribution in [0.3, 0.4) is 0 Å². The third-order valence-corrected chi connectivity index (χ3v) is 3.74. The number of methoxy groups -OCH3 is 1. The van der Waals surface area contributed by atoms with E-state index >= 15 is 0 Å². The van der Waals surface area contributed by atoms with Crippen LogP contribution in [0.4, 0.5) is 0 Å². The molecule has 0 spiro atoms. The van der Waals surface area contributed by atoms with E-state index in [1.165, 1.54) is 7.11 Å². The Morgan fingerprint density at radius 2 is 2.10 bits per heavy atom. The molecule has 1 aliphatic rings. The van der Waals surface area contributed by atoms with Gasteiger partial charge in [-0.25, -0.2) is 4.79 Å². The van der Waals surface area contributed by atoms with Gasteiger partial charge in [0.2, 0.25) is 5.91 Å². The lowest BCUT2D eigenvalue weighted by atomic mass is 10.1. The highest BCUT2D eigenvalue weighted by Gasteiger charge is 2.11. The number of thioether (sulfide) groups is 1. The zero-order valence-electron chi connectivity index (χ0n) is 11.2. The summed E-state index contributed by atoms with van der Waals surface area (Å²) < 4.78 is 4.63. The summed E-state index contributed by atoms with van der Waals surface area (Å²) in [4.78, 5) is 27.2. The quantitative estimate of drug-likeness (QED) is 0.856. The number of nitrogens with one attached hydrogen (secondary N) is 1. The molecule has 1 heterocycles. The number of amides is 1.